The van der Waals surface area contributed by atoms with E-state index in [1.807, 2.05) is 42.5 Å². The van der Waals surface area contributed by atoms with Crippen molar-refractivity contribution in [2.75, 3.05) is 4.90 Å². The van der Waals surface area contributed by atoms with Crippen LogP contribution in [0.2, 0.25) is 0 Å². The van der Waals surface area contributed by atoms with Gasteiger partial charge in [0.1, 0.15) is 6.07 Å². The van der Waals surface area contributed by atoms with Gasteiger partial charge in [0.2, 0.25) is 0 Å². The monoisotopic (exact) mass is 470 g/mol. The van der Waals surface area contributed by atoms with Gasteiger partial charge >= 0.3 is 0 Å². The third-order valence-corrected chi connectivity index (χ3v) is 7.23. The lowest BCUT2D eigenvalue weighted by molar-refractivity contribution is 1.28. The van der Waals surface area contributed by atoms with Gasteiger partial charge in [-0.25, -0.2) is 0 Å². The Morgan fingerprint density at radius 2 is 1.11 bits per heavy atom. The molecule has 0 aliphatic heterocycles. The minimum absolute atomic E-state index is 0.635. The van der Waals surface area contributed by atoms with Crippen molar-refractivity contribution in [1.29, 1.82) is 5.26 Å². The van der Waals surface area contributed by atoms with Crippen LogP contribution in [-0.2, 0) is 0 Å². The summed E-state index contributed by atoms with van der Waals surface area (Å²) in [5.74, 6) is 0. The Morgan fingerprint density at radius 1 is 0.486 bits per heavy atom. The first-order valence-corrected chi connectivity index (χ1v) is 12.4. The van der Waals surface area contributed by atoms with Gasteiger partial charge in [-0.15, -0.1) is 0 Å². The smallest absolute Gasteiger partial charge is 0.101 e. The van der Waals surface area contributed by atoms with E-state index >= 15 is 0 Å². The molecule has 0 atom stereocenters. The van der Waals surface area contributed by atoms with Gasteiger partial charge in [0.05, 0.1) is 16.9 Å². The number of hydrogen-bond donors (Lipinski definition) is 0. The fourth-order valence-corrected chi connectivity index (χ4v) is 5.53. The highest BCUT2D eigenvalue weighted by Crippen LogP contribution is 2.44. The van der Waals surface area contributed by atoms with Crippen molar-refractivity contribution in [3.63, 3.8) is 0 Å². The maximum absolute atomic E-state index is 10.3. The van der Waals surface area contributed by atoms with Crippen LogP contribution in [0.4, 0.5) is 17.1 Å². The van der Waals surface area contributed by atoms with Crippen LogP contribution in [0.5, 0.6) is 0 Å². The molecule has 2 heteroatoms. The van der Waals surface area contributed by atoms with E-state index < -0.39 is 0 Å². The molecule has 0 fully saturated rings. The van der Waals surface area contributed by atoms with Crippen molar-refractivity contribution in [1.82, 2.24) is 0 Å². The van der Waals surface area contributed by atoms with Gasteiger partial charge in [-0.05, 0) is 68.4 Å². The number of benzene rings is 7. The maximum Gasteiger partial charge on any atom is 0.101 e. The average Bonchev–Trinajstić information content (AvgIpc) is 2.98. The normalized spacial score (nSPS) is 11.2. The second-order valence-electron chi connectivity index (χ2n) is 9.32. The zero-order valence-corrected chi connectivity index (χ0v) is 20.1. The minimum atomic E-state index is 0.635. The summed E-state index contributed by atoms with van der Waals surface area (Å²) in [6.07, 6.45) is 0. The molecule has 0 bridgehead atoms. The van der Waals surface area contributed by atoms with E-state index in [-0.39, 0.29) is 0 Å². The third-order valence-electron chi connectivity index (χ3n) is 7.23. The second-order valence-corrected chi connectivity index (χ2v) is 9.32. The molecule has 0 aliphatic rings. The molecular weight excluding hydrogens is 448 g/mol. The van der Waals surface area contributed by atoms with E-state index in [1.165, 1.54) is 32.3 Å². The number of anilines is 3. The molecule has 0 aromatic heterocycles. The predicted octanol–water partition coefficient (Wildman–Crippen LogP) is 9.59. The van der Waals surface area contributed by atoms with Crippen molar-refractivity contribution in [3.05, 3.63) is 139 Å². The molecule has 0 N–H and O–H groups in total. The number of rotatable bonds is 4. The fourth-order valence-electron chi connectivity index (χ4n) is 5.53. The van der Waals surface area contributed by atoms with Gasteiger partial charge in [-0.1, -0.05) is 103 Å². The van der Waals surface area contributed by atoms with Crippen LogP contribution in [0.25, 0.3) is 43.4 Å². The molecule has 0 radical (unpaired) electrons. The first-order valence-electron chi connectivity index (χ1n) is 12.4. The Labute approximate surface area is 215 Å². The number of para-hydroxylation sites is 1. The molecular formula is C35H22N2. The van der Waals surface area contributed by atoms with Gasteiger partial charge in [-0.2, -0.15) is 5.26 Å². The highest BCUT2D eigenvalue weighted by Gasteiger charge is 2.20. The summed E-state index contributed by atoms with van der Waals surface area (Å²) >= 11 is 0. The van der Waals surface area contributed by atoms with E-state index in [4.69, 9.17) is 0 Å². The van der Waals surface area contributed by atoms with Gasteiger partial charge in [0.15, 0.2) is 0 Å². The molecule has 0 unspecified atom stereocenters. The molecule has 0 aliphatic carbocycles. The summed E-state index contributed by atoms with van der Waals surface area (Å²) < 4.78 is 0. The summed E-state index contributed by atoms with van der Waals surface area (Å²) in [7, 11) is 0. The summed E-state index contributed by atoms with van der Waals surface area (Å²) in [6.45, 7) is 0. The van der Waals surface area contributed by atoms with Crippen molar-refractivity contribution in [3.8, 4) is 17.2 Å². The lowest BCUT2D eigenvalue weighted by Gasteiger charge is -2.28. The van der Waals surface area contributed by atoms with Crippen LogP contribution in [0.3, 0.4) is 0 Å². The number of nitrogens with zero attached hydrogens (tertiary/aromatic N) is 2. The molecule has 172 valence electrons. The van der Waals surface area contributed by atoms with Crippen LogP contribution < -0.4 is 4.90 Å². The van der Waals surface area contributed by atoms with Gasteiger partial charge < -0.3 is 4.90 Å². The van der Waals surface area contributed by atoms with E-state index in [9.17, 15) is 5.26 Å². The highest BCUT2D eigenvalue weighted by atomic mass is 15.1. The van der Waals surface area contributed by atoms with Crippen molar-refractivity contribution in [2.24, 2.45) is 0 Å². The quantitative estimate of drug-likeness (QED) is 0.239. The second kappa shape index (κ2) is 8.52. The fraction of sp³-hybridized carbons (Fsp3) is 0. The van der Waals surface area contributed by atoms with Crippen molar-refractivity contribution in [2.45, 2.75) is 0 Å². The molecule has 37 heavy (non-hydrogen) atoms. The first-order chi connectivity index (χ1) is 18.3. The molecule has 0 amide bonds. The van der Waals surface area contributed by atoms with Crippen LogP contribution in [0, 0.1) is 11.3 Å². The first kappa shape index (κ1) is 21.2. The number of hydrogen-bond acceptors (Lipinski definition) is 2. The zero-order chi connectivity index (χ0) is 24.8. The van der Waals surface area contributed by atoms with Crippen LogP contribution in [0.1, 0.15) is 5.56 Å². The predicted molar refractivity (Wildman–Crippen MR) is 155 cm³/mol. The van der Waals surface area contributed by atoms with E-state index in [2.05, 4.69) is 102 Å². The molecule has 0 heterocycles. The standard InChI is InChI=1S/C35H22N2/c36-23-29-22-28(24-8-3-1-4-9-24)18-20-32(29)37(30-12-5-2-6-13-30)33-21-17-27-15-14-25-10-7-11-26-16-19-31(33)35(27)34(25)26/h1-22H. The largest absolute Gasteiger partial charge is 0.309 e. The summed E-state index contributed by atoms with van der Waals surface area (Å²) in [5, 5.41) is 17.7. The lowest BCUT2D eigenvalue weighted by Crippen LogP contribution is -2.12. The Hall–Kier alpha value is -5.13. The Bertz CT molecular complexity index is 1920. The maximum atomic E-state index is 10.3. The van der Waals surface area contributed by atoms with Crippen LogP contribution in [-0.4, -0.2) is 0 Å². The summed E-state index contributed by atoms with van der Waals surface area (Å²) in [6, 6.07) is 48.9. The molecule has 0 spiro atoms. The lowest BCUT2D eigenvalue weighted by atomic mass is 9.93. The third kappa shape index (κ3) is 3.41. The molecule has 0 saturated carbocycles. The molecule has 7 aromatic carbocycles. The Balaban J connectivity index is 1.52. The molecule has 7 rings (SSSR count). The number of nitriles is 1. The average molecular weight is 471 g/mol. The van der Waals surface area contributed by atoms with E-state index in [0.717, 1.165) is 28.2 Å². The Kier molecular flexibility index (Phi) is 4.87. The van der Waals surface area contributed by atoms with Crippen LogP contribution in [0.15, 0.2) is 133 Å². The molecule has 2 nitrogen and oxygen atoms in total. The van der Waals surface area contributed by atoms with Gasteiger partial charge in [-0.3, -0.25) is 0 Å². The Morgan fingerprint density at radius 3 is 1.84 bits per heavy atom. The van der Waals surface area contributed by atoms with Crippen molar-refractivity contribution < 1.29 is 0 Å². The van der Waals surface area contributed by atoms with E-state index in [1.54, 1.807) is 0 Å². The van der Waals surface area contributed by atoms with Gasteiger partial charge in [0.25, 0.3) is 0 Å². The molecule has 0 saturated heterocycles. The molecule has 7 aromatic rings. The van der Waals surface area contributed by atoms with Crippen molar-refractivity contribution >= 4 is 49.4 Å². The highest BCUT2D eigenvalue weighted by molar-refractivity contribution is 6.25. The van der Waals surface area contributed by atoms with Gasteiger partial charge in [0, 0.05) is 11.1 Å². The zero-order valence-electron chi connectivity index (χ0n) is 20.1. The van der Waals surface area contributed by atoms with E-state index in [0.29, 0.717) is 5.56 Å². The minimum Gasteiger partial charge on any atom is -0.309 e. The summed E-state index contributed by atoms with van der Waals surface area (Å²) in [4.78, 5) is 2.22. The topological polar surface area (TPSA) is 27.0 Å². The SMILES string of the molecule is N#Cc1cc(-c2ccccc2)ccc1N(c1ccccc1)c1ccc2ccc3cccc4ccc1c2c34. The summed E-state index contributed by atoms with van der Waals surface area (Å²) in [5.41, 5.74) is 5.70. The van der Waals surface area contributed by atoms with Crippen LogP contribution >= 0.6 is 0 Å².